The lowest BCUT2D eigenvalue weighted by atomic mass is 10.1. The van der Waals surface area contributed by atoms with Crippen molar-refractivity contribution in [3.8, 4) is 0 Å². The fourth-order valence-electron chi connectivity index (χ4n) is 2.11. The third kappa shape index (κ3) is 4.01. The monoisotopic (exact) mass is 349 g/mol. The molecule has 110 valence electrons. The highest BCUT2D eigenvalue weighted by molar-refractivity contribution is 9.08. The van der Waals surface area contributed by atoms with Crippen molar-refractivity contribution in [2.45, 2.75) is 11.8 Å². The van der Waals surface area contributed by atoms with E-state index >= 15 is 0 Å². The minimum atomic E-state index is -0.371. The van der Waals surface area contributed by atoms with Gasteiger partial charge in [0.2, 0.25) is 0 Å². The van der Waals surface area contributed by atoms with Gasteiger partial charge in [-0.2, -0.15) is 0 Å². The number of halogens is 1. The van der Waals surface area contributed by atoms with Crippen molar-refractivity contribution >= 4 is 27.3 Å². The van der Waals surface area contributed by atoms with Crippen LogP contribution in [0.4, 0.5) is 11.4 Å². The summed E-state index contributed by atoms with van der Waals surface area (Å²) in [6.07, 6.45) is 2.61. The molecule has 0 amide bonds. The second kappa shape index (κ2) is 7.17. The van der Waals surface area contributed by atoms with Crippen LogP contribution in [0.25, 0.3) is 0 Å². The third-order valence-corrected chi connectivity index (χ3v) is 3.86. The first kappa shape index (κ1) is 15.4. The first-order chi connectivity index (χ1) is 10.1. The Morgan fingerprint density at radius 3 is 2.76 bits per heavy atom. The van der Waals surface area contributed by atoms with Crippen LogP contribution in [0.5, 0.6) is 0 Å². The molecular formula is C15H16BrN3O2. The number of anilines is 1. The fraction of sp³-hybridized carbons (Fsp3) is 0.267. The summed E-state index contributed by atoms with van der Waals surface area (Å²) in [7, 11) is 1.98. The Labute approximate surface area is 131 Å². The van der Waals surface area contributed by atoms with Crippen LogP contribution < -0.4 is 4.90 Å². The molecule has 0 bridgehead atoms. The molecule has 1 aromatic carbocycles. The topological polar surface area (TPSA) is 59.3 Å². The van der Waals surface area contributed by atoms with E-state index in [1.165, 1.54) is 0 Å². The smallest absolute Gasteiger partial charge is 0.269 e. The van der Waals surface area contributed by atoms with Crippen LogP contribution in [0.2, 0.25) is 0 Å². The number of aromatic nitrogens is 1. The Hall–Kier alpha value is -1.95. The highest BCUT2D eigenvalue weighted by Crippen LogP contribution is 2.26. The van der Waals surface area contributed by atoms with Crippen molar-refractivity contribution in [2.24, 2.45) is 0 Å². The Morgan fingerprint density at radius 2 is 2.14 bits per heavy atom. The van der Waals surface area contributed by atoms with E-state index in [-0.39, 0.29) is 10.6 Å². The van der Waals surface area contributed by atoms with Crippen LogP contribution >= 0.6 is 15.9 Å². The van der Waals surface area contributed by atoms with Crippen LogP contribution in [0.3, 0.4) is 0 Å². The molecule has 0 N–H and O–H groups in total. The molecule has 5 nitrogen and oxygen atoms in total. The van der Waals surface area contributed by atoms with Crippen LogP contribution in [-0.2, 0) is 11.8 Å². The van der Waals surface area contributed by atoms with E-state index in [1.807, 2.05) is 25.2 Å². The normalized spacial score (nSPS) is 10.4. The van der Waals surface area contributed by atoms with Gasteiger partial charge in [-0.05, 0) is 23.8 Å². The van der Waals surface area contributed by atoms with E-state index in [4.69, 9.17) is 0 Å². The van der Waals surface area contributed by atoms with E-state index < -0.39 is 0 Å². The largest absolute Gasteiger partial charge is 0.374 e. The summed E-state index contributed by atoms with van der Waals surface area (Å²) in [6.45, 7) is 0.800. The number of hydrogen-bond donors (Lipinski definition) is 0. The summed E-state index contributed by atoms with van der Waals surface area (Å²) in [5.41, 5.74) is 3.05. The number of alkyl halides is 1. The van der Waals surface area contributed by atoms with Crippen LogP contribution in [0, 0.1) is 10.1 Å². The first-order valence-corrected chi connectivity index (χ1v) is 7.68. The molecule has 0 unspecified atom stereocenters. The minimum Gasteiger partial charge on any atom is -0.374 e. The van der Waals surface area contributed by atoms with Crippen molar-refractivity contribution < 1.29 is 4.92 Å². The van der Waals surface area contributed by atoms with Gasteiger partial charge in [0.25, 0.3) is 5.69 Å². The lowest BCUT2D eigenvalue weighted by Crippen LogP contribution is -2.21. The van der Waals surface area contributed by atoms with Crippen LogP contribution in [0.1, 0.15) is 11.3 Å². The molecule has 0 saturated heterocycles. The summed E-state index contributed by atoms with van der Waals surface area (Å²) in [5.74, 6) is 0. The van der Waals surface area contributed by atoms with E-state index in [9.17, 15) is 10.1 Å². The van der Waals surface area contributed by atoms with Gasteiger partial charge in [-0.25, -0.2) is 0 Å². The number of nitro groups is 1. The van der Waals surface area contributed by atoms with E-state index in [0.717, 1.165) is 29.9 Å². The maximum atomic E-state index is 10.8. The zero-order valence-corrected chi connectivity index (χ0v) is 13.3. The molecule has 6 heteroatoms. The number of rotatable bonds is 6. The van der Waals surface area contributed by atoms with Gasteiger partial charge in [-0.1, -0.05) is 22.0 Å². The molecule has 0 fully saturated rings. The summed E-state index contributed by atoms with van der Waals surface area (Å²) in [5, 5.41) is 11.4. The summed E-state index contributed by atoms with van der Waals surface area (Å²) in [4.78, 5) is 16.8. The summed E-state index contributed by atoms with van der Waals surface area (Å²) in [6, 6.07) is 10.8. The van der Waals surface area contributed by atoms with Crippen LogP contribution in [0.15, 0.2) is 42.6 Å². The first-order valence-electron chi connectivity index (χ1n) is 6.56. The number of nitrogens with zero attached hydrogens (tertiary/aromatic N) is 3. The zero-order valence-electron chi connectivity index (χ0n) is 11.7. The van der Waals surface area contributed by atoms with E-state index in [0.29, 0.717) is 5.33 Å². The molecule has 0 spiro atoms. The molecule has 1 heterocycles. The van der Waals surface area contributed by atoms with Gasteiger partial charge in [0, 0.05) is 55.1 Å². The maximum Gasteiger partial charge on any atom is 0.269 e. The fourth-order valence-corrected chi connectivity index (χ4v) is 2.56. The second-order valence-electron chi connectivity index (χ2n) is 4.70. The van der Waals surface area contributed by atoms with Gasteiger partial charge in [0.05, 0.1) is 4.92 Å². The number of non-ortho nitro benzene ring substituents is 1. The molecule has 0 aliphatic carbocycles. The number of benzene rings is 1. The highest BCUT2D eigenvalue weighted by Gasteiger charge is 2.13. The third-order valence-electron chi connectivity index (χ3n) is 3.26. The van der Waals surface area contributed by atoms with Gasteiger partial charge in [-0.15, -0.1) is 0 Å². The quantitative estimate of drug-likeness (QED) is 0.454. The predicted molar refractivity (Wildman–Crippen MR) is 86.9 cm³/mol. The number of pyridine rings is 1. The summed E-state index contributed by atoms with van der Waals surface area (Å²) >= 11 is 3.39. The van der Waals surface area contributed by atoms with Gasteiger partial charge < -0.3 is 4.90 Å². The molecule has 0 aliphatic rings. The molecule has 0 aliphatic heterocycles. The standard InChI is InChI=1S/C15H16BrN3O2/c1-18(9-7-13-4-2-3-8-17-13)15-6-5-14(19(20)21)10-12(15)11-16/h2-6,8,10H,7,9,11H2,1H3. The van der Waals surface area contributed by atoms with Crippen LogP contribution in [-0.4, -0.2) is 23.5 Å². The van der Waals surface area contributed by atoms with Crippen molar-refractivity contribution in [2.75, 3.05) is 18.5 Å². The van der Waals surface area contributed by atoms with Gasteiger partial charge in [0.1, 0.15) is 0 Å². The van der Waals surface area contributed by atoms with Crippen molar-refractivity contribution in [3.05, 3.63) is 64.0 Å². The van der Waals surface area contributed by atoms with E-state index in [1.54, 1.807) is 24.4 Å². The maximum absolute atomic E-state index is 10.8. The zero-order chi connectivity index (χ0) is 15.2. The van der Waals surface area contributed by atoms with Gasteiger partial charge in [-0.3, -0.25) is 15.1 Å². The second-order valence-corrected chi connectivity index (χ2v) is 5.26. The molecule has 0 radical (unpaired) electrons. The Morgan fingerprint density at radius 1 is 1.33 bits per heavy atom. The van der Waals surface area contributed by atoms with Crippen molar-refractivity contribution in [1.29, 1.82) is 0 Å². The summed E-state index contributed by atoms with van der Waals surface area (Å²) < 4.78 is 0. The number of hydrogen-bond acceptors (Lipinski definition) is 4. The molecule has 2 aromatic rings. The number of nitro benzene ring substituents is 1. The highest BCUT2D eigenvalue weighted by atomic mass is 79.9. The molecule has 2 rings (SSSR count). The van der Waals surface area contributed by atoms with Gasteiger partial charge >= 0.3 is 0 Å². The lowest BCUT2D eigenvalue weighted by molar-refractivity contribution is -0.384. The SMILES string of the molecule is CN(CCc1ccccn1)c1ccc([N+](=O)[O-])cc1CBr. The molecule has 21 heavy (non-hydrogen) atoms. The average Bonchev–Trinajstić information content (AvgIpc) is 2.52. The Balaban J connectivity index is 2.11. The van der Waals surface area contributed by atoms with E-state index in [2.05, 4.69) is 25.8 Å². The van der Waals surface area contributed by atoms with Crippen molar-refractivity contribution in [1.82, 2.24) is 4.98 Å². The molecule has 1 aromatic heterocycles. The Kier molecular flexibility index (Phi) is 5.27. The molecular weight excluding hydrogens is 334 g/mol. The molecule has 0 atom stereocenters. The Bertz CT molecular complexity index is 620. The molecule has 0 saturated carbocycles. The average molecular weight is 350 g/mol. The predicted octanol–water partition coefficient (Wildman–Crippen LogP) is 3.56. The minimum absolute atomic E-state index is 0.117. The lowest BCUT2D eigenvalue weighted by Gasteiger charge is -2.21. The van der Waals surface area contributed by atoms with Crippen molar-refractivity contribution in [3.63, 3.8) is 0 Å². The van der Waals surface area contributed by atoms with Gasteiger partial charge in [0.15, 0.2) is 0 Å². The number of likely N-dealkylation sites (N-methyl/N-ethyl adjacent to an activating group) is 1.